The van der Waals surface area contributed by atoms with Crippen LogP contribution in [0.25, 0.3) is 44.4 Å². The van der Waals surface area contributed by atoms with E-state index in [2.05, 4.69) is 125 Å². The van der Waals surface area contributed by atoms with Crippen molar-refractivity contribution in [1.82, 2.24) is 19.3 Å². The van der Waals surface area contributed by atoms with Crippen molar-refractivity contribution >= 4 is 21.8 Å². The summed E-state index contributed by atoms with van der Waals surface area (Å²) >= 11 is 0. The first-order valence-electron chi connectivity index (χ1n) is 15.1. The summed E-state index contributed by atoms with van der Waals surface area (Å²) in [5.41, 5.74) is 12.2. The van der Waals surface area contributed by atoms with Crippen LogP contribution in [-0.4, -0.2) is 19.3 Å². The monoisotopic (exact) mass is 680 g/mol. The van der Waals surface area contributed by atoms with Gasteiger partial charge in [0.15, 0.2) is 0 Å². The zero-order valence-corrected chi connectivity index (χ0v) is 27.9. The second-order valence-corrected chi connectivity index (χ2v) is 11.5. The van der Waals surface area contributed by atoms with Crippen LogP contribution in [0.15, 0.2) is 85.1 Å². The minimum absolute atomic E-state index is 0. The van der Waals surface area contributed by atoms with Crippen LogP contribution in [0.2, 0.25) is 0 Å². The largest absolute Gasteiger partial charge is 2.00 e. The molecule has 0 atom stereocenters. The molecule has 4 aromatic carbocycles. The fourth-order valence-corrected chi connectivity index (χ4v) is 6.34. The van der Waals surface area contributed by atoms with Crippen molar-refractivity contribution in [1.29, 1.82) is 0 Å². The molecule has 5 nitrogen and oxygen atoms in total. The number of rotatable bonds is 6. The Bertz CT molecular complexity index is 2190. The molecule has 0 fully saturated rings. The topological polar surface area (TPSA) is 44.9 Å². The van der Waals surface area contributed by atoms with Crippen molar-refractivity contribution in [2.24, 2.45) is 0 Å². The minimum Gasteiger partial charge on any atom is -0.509 e. The van der Waals surface area contributed by atoms with Gasteiger partial charge in [-0.05, 0) is 86.1 Å². The first kappa shape index (κ1) is 30.5. The van der Waals surface area contributed by atoms with Gasteiger partial charge in [0.25, 0.3) is 0 Å². The number of nitrogens with zero attached hydrogens (tertiary/aromatic N) is 4. The number of hydrogen-bond acceptors (Lipinski definition) is 3. The molecule has 7 rings (SSSR count). The Kier molecular flexibility index (Phi) is 8.22. The second-order valence-electron chi connectivity index (χ2n) is 11.5. The van der Waals surface area contributed by atoms with Gasteiger partial charge in [-0.2, -0.15) is 16.7 Å². The van der Waals surface area contributed by atoms with Gasteiger partial charge in [0.2, 0.25) is 0 Å². The number of aryl methyl sites for hydroxylation is 5. The van der Waals surface area contributed by atoms with Crippen molar-refractivity contribution in [3.05, 3.63) is 131 Å². The van der Waals surface area contributed by atoms with E-state index < -0.39 is 0 Å². The Morgan fingerprint density at radius 1 is 0.756 bits per heavy atom. The van der Waals surface area contributed by atoms with Gasteiger partial charge in [-0.1, -0.05) is 55.3 Å². The number of benzene rings is 4. The molecule has 226 valence electrons. The van der Waals surface area contributed by atoms with Crippen LogP contribution in [-0.2, 0) is 26.8 Å². The standard InChI is InChI=1S/C39H34N4O.Pd/c1-7-29-20-30(43-28(6)39(27(5)41-43)38-25(3)11-10-12-26(38)4)22-32(21-29)44-31-15-16-34-33-13-8-9-14-35(33)42(36(34)23-31)37-19-24(2)17-18-40-37;/h8-21H,7H2,1-6H3;/q-2;+2. The first-order chi connectivity index (χ1) is 21.3. The second kappa shape index (κ2) is 12.1. The number of para-hydroxylation sites is 1. The molecule has 0 saturated heterocycles. The fourth-order valence-electron chi connectivity index (χ4n) is 6.34. The summed E-state index contributed by atoms with van der Waals surface area (Å²) in [4.78, 5) is 4.70. The molecule has 0 radical (unpaired) electrons. The molecule has 3 aromatic heterocycles. The van der Waals surface area contributed by atoms with Gasteiger partial charge in [-0.3, -0.25) is 4.68 Å². The van der Waals surface area contributed by atoms with Crippen LogP contribution in [0.5, 0.6) is 11.5 Å². The molecular formula is C39H34N4OPd. The Hall–Kier alpha value is -4.50. The summed E-state index contributed by atoms with van der Waals surface area (Å²) < 4.78 is 10.7. The van der Waals surface area contributed by atoms with Crippen LogP contribution < -0.4 is 4.74 Å². The Morgan fingerprint density at radius 3 is 2.29 bits per heavy atom. The van der Waals surface area contributed by atoms with Crippen molar-refractivity contribution < 1.29 is 25.2 Å². The summed E-state index contributed by atoms with van der Waals surface area (Å²) in [7, 11) is 0. The SMILES string of the molecule is CCc1cc(Oc2[c-]c3c(cc2)c2ccccc2n3-c2cc(C)ccn2)[c-]c(-n2nc(C)c(-c3c(C)cccc3C)c2C)c1.[Pd+2]. The van der Waals surface area contributed by atoms with E-state index in [1.54, 1.807) is 0 Å². The third-order valence-electron chi connectivity index (χ3n) is 8.46. The van der Waals surface area contributed by atoms with Gasteiger partial charge in [0.1, 0.15) is 5.82 Å². The summed E-state index contributed by atoms with van der Waals surface area (Å²) in [6.45, 7) is 12.8. The van der Waals surface area contributed by atoms with Gasteiger partial charge < -0.3 is 9.30 Å². The van der Waals surface area contributed by atoms with Crippen molar-refractivity contribution in [3.8, 4) is 34.1 Å². The third-order valence-corrected chi connectivity index (χ3v) is 8.46. The molecule has 0 unspecified atom stereocenters. The average molecular weight is 681 g/mol. The molecule has 7 aromatic rings. The summed E-state index contributed by atoms with van der Waals surface area (Å²) in [6.07, 6.45) is 2.71. The molecule has 0 saturated carbocycles. The minimum atomic E-state index is 0. The normalized spacial score (nSPS) is 11.2. The number of ether oxygens (including phenoxy) is 1. The molecule has 6 heteroatoms. The van der Waals surface area contributed by atoms with Crippen molar-refractivity contribution in [2.75, 3.05) is 0 Å². The van der Waals surface area contributed by atoms with E-state index in [1.165, 1.54) is 22.3 Å². The maximum Gasteiger partial charge on any atom is 2.00 e. The van der Waals surface area contributed by atoms with E-state index in [-0.39, 0.29) is 20.4 Å². The number of pyridine rings is 1. The van der Waals surface area contributed by atoms with E-state index in [9.17, 15) is 0 Å². The number of hydrogen-bond donors (Lipinski definition) is 0. The van der Waals surface area contributed by atoms with Crippen LogP contribution >= 0.6 is 0 Å². The average Bonchev–Trinajstić information content (AvgIpc) is 3.50. The molecule has 0 bridgehead atoms. The van der Waals surface area contributed by atoms with E-state index in [0.717, 1.165) is 62.2 Å². The zero-order chi connectivity index (χ0) is 30.5. The summed E-state index contributed by atoms with van der Waals surface area (Å²) in [6, 6.07) is 34.3. The third kappa shape index (κ3) is 5.39. The molecule has 0 aliphatic heterocycles. The number of aromatic nitrogens is 4. The van der Waals surface area contributed by atoms with Gasteiger partial charge in [-0.15, -0.1) is 35.7 Å². The Balaban J connectivity index is 0.00000357. The zero-order valence-electron chi connectivity index (χ0n) is 26.3. The predicted octanol–water partition coefficient (Wildman–Crippen LogP) is 9.53. The predicted molar refractivity (Wildman–Crippen MR) is 178 cm³/mol. The van der Waals surface area contributed by atoms with Gasteiger partial charge in [0, 0.05) is 34.5 Å². The van der Waals surface area contributed by atoms with Crippen LogP contribution in [0.3, 0.4) is 0 Å². The van der Waals surface area contributed by atoms with Gasteiger partial charge in [0.05, 0.1) is 5.69 Å². The molecular weight excluding hydrogens is 647 g/mol. The fraction of sp³-hybridized carbons (Fsp3) is 0.179. The Morgan fingerprint density at radius 2 is 1.53 bits per heavy atom. The molecule has 0 aliphatic carbocycles. The summed E-state index contributed by atoms with van der Waals surface area (Å²) in [5.74, 6) is 2.11. The molecule has 0 N–H and O–H groups in total. The van der Waals surface area contributed by atoms with Crippen LogP contribution in [0, 0.1) is 46.8 Å². The van der Waals surface area contributed by atoms with E-state index >= 15 is 0 Å². The maximum atomic E-state index is 6.52. The quantitative estimate of drug-likeness (QED) is 0.130. The van der Waals surface area contributed by atoms with E-state index in [4.69, 9.17) is 14.8 Å². The van der Waals surface area contributed by atoms with Gasteiger partial charge >= 0.3 is 20.4 Å². The Labute approximate surface area is 278 Å². The molecule has 45 heavy (non-hydrogen) atoms. The van der Waals surface area contributed by atoms with Crippen LogP contribution in [0.4, 0.5) is 0 Å². The molecule has 0 aliphatic rings. The van der Waals surface area contributed by atoms with E-state index in [0.29, 0.717) is 11.5 Å². The summed E-state index contributed by atoms with van der Waals surface area (Å²) in [5, 5.41) is 7.25. The smallest absolute Gasteiger partial charge is 0.509 e. The van der Waals surface area contributed by atoms with Crippen LogP contribution in [0.1, 0.15) is 40.6 Å². The first-order valence-corrected chi connectivity index (χ1v) is 15.1. The van der Waals surface area contributed by atoms with Crippen molar-refractivity contribution in [2.45, 2.75) is 48.0 Å². The van der Waals surface area contributed by atoms with Gasteiger partial charge in [-0.25, -0.2) is 4.98 Å². The number of fused-ring (bicyclic) bond motifs is 3. The molecule has 3 heterocycles. The van der Waals surface area contributed by atoms with E-state index in [1.807, 2.05) is 23.0 Å². The van der Waals surface area contributed by atoms with Crippen molar-refractivity contribution in [3.63, 3.8) is 0 Å². The maximum absolute atomic E-state index is 6.52. The molecule has 0 spiro atoms. The molecule has 0 amide bonds.